The molecule has 0 aliphatic heterocycles. The highest BCUT2D eigenvalue weighted by Crippen LogP contribution is 2.31. The number of carbonyl (C=O) groups excluding carboxylic acids is 1. The number of hydrogen-bond acceptors (Lipinski definition) is 6. The van der Waals surface area contributed by atoms with E-state index < -0.39 is 0 Å². The number of anilines is 1. The first-order valence-electron chi connectivity index (χ1n) is 9.55. The highest BCUT2D eigenvalue weighted by molar-refractivity contribution is 8.00. The third-order valence-electron chi connectivity index (χ3n) is 4.85. The second-order valence-corrected chi connectivity index (χ2v) is 9.11. The van der Waals surface area contributed by atoms with Crippen LogP contribution < -0.4 is 5.32 Å². The van der Waals surface area contributed by atoms with Gasteiger partial charge in [-0.25, -0.2) is 9.97 Å². The third kappa shape index (κ3) is 4.50. The molecular formula is C22H20N4OS2. The van der Waals surface area contributed by atoms with E-state index in [1.807, 2.05) is 48.7 Å². The first kappa shape index (κ1) is 19.6. The average molecular weight is 421 g/mol. The number of nitriles is 1. The van der Waals surface area contributed by atoms with E-state index in [4.69, 9.17) is 4.98 Å². The Labute approximate surface area is 178 Å². The lowest BCUT2D eigenvalue weighted by molar-refractivity contribution is -0.115. The number of benzene rings is 1. The van der Waals surface area contributed by atoms with Crippen molar-refractivity contribution in [3.8, 4) is 17.3 Å². The van der Waals surface area contributed by atoms with Gasteiger partial charge in [0.1, 0.15) is 11.1 Å². The van der Waals surface area contributed by atoms with E-state index in [1.54, 1.807) is 0 Å². The Bertz CT molecular complexity index is 1070. The number of carbonyl (C=O) groups is 1. The van der Waals surface area contributed by atoms with E-state index in [-0.39, 0.29) is 11.2 Å². The minimum Gasteiger partial charge on any atom is -0.301 e. The summed E-state index contributed by atoms with van der Waals surface area (Å²) in [5, 5.41) is 15.1. The number of nitrogens with one attached hydrogen (secondary N) is 1. The lowest BCUT2D eigenvalue weighted by atomic mass is 9.95. The topological polar surface area (TPSA) is 78.7 Å². The Kier molecular flexibility index (Phi) is 5.93. The molecule has 1 aromatic carbocycles. The fraction of sp³-hybridized carbons (Fsp3) is 0.273. The number of nitrogens with zero attached hydrogens (tertiary/aromatic N) is 3. The quantitative estimate of drug-likeness (QED) is 0.583. The molecule has 3 aromatic rings. The number of pyridine rings is 1. The number of rotatable bonds is 5. The van der Waals surface area contributed by atoms with Crippen LogP contribution in [0.3, 0.4) is 0 Å². The summed E-state index contributed by atoms with van der Waals surface area (Å²) in [6.07, 6.45) is 4.19. The van der Waals surface area contributed by atoms with Gasteiger partial charge in [0.25, 0.3) is 0 Å². The molecule has 0 radical (unpaired) electrons. The fourth-order valence-corrected chi connectivity index (χ4v) is 4.90. The second kappa shape index (κ2) is 8.76. The maximum atomic E-state index is 12.7. The van der Waals surface area contributed by atoms with Crippen molar-refractivity contribution in [1.82, 2.24) is 9.97 Å². The Morgan fingerprint density at radius 1 is 1.24 bits per heavy atom. The zero-order valence-electron chi connectivity index (χ0n) is 16.0. The molecule has 0 saturated heterocycles. The SMILES string of the molecule is CC(Sc1nc2c(cc1C#N)CCCC2)C(=O)Nc1nc(-c2ccccc2)cs1. The van der Waals surface area contributed by atoms with Gasteiger partial charge in [-0.05, 0) is 44.2 Å². The van der Waals surface area contributed by atoms with Crippen LogP contribution in [-0.4, -0.2) is 21.1 Å². The van der Waals surface area contributed by atoms with Crippen LogP contribution in [0.25, 0.3) is 11.3 Å². The van der Waals surface area contributed by atoms with Crippen LogP contribution in [-0.2, 0) is 17.6 Å². The summed E-state index contributed by atoms with van der Waals surface area (Å²) >= 11 is 2.73. The van der Waals surface area contributed by atoms with Crippen molar-refractivity contribution in [2.75, 3.05) is 5.32 Å². The summed E-state index contributed by atoms with van der Waals surface area (Å²) in [6, 6.07) is 14.0. The van der Waals surface area contributed by atoms with Crippen LogP contribution >= 0.6 is 23.1 Å². The highest BCUT2D eigenvalue weighted by atomic mass is 32.2. The van der Waals surface area contributed by atoms with E-state index in [0.29, 0.717) is 15.7 Å². The molecule has 4 rings (SSSR count). The molecule has 1 amide bonds. The molecule has 5 nitrogen and oxygen atoms in total. The Balaban J connectivity index is 1.45. The molecule has 0 spiro atoms. The van der Waals surface area contributed by atoms with Gasteiger partial charge in [-0.15, -0.1) is 11.3 Å². The second-order valence-electron chi connectivity index (χ2n) is 6.92. The fourth-order valence-electron chi connectivity index (χ4n) is 3.29. The number of thioether (sulfide) groups is 1. The van der Waals surface area contributed by atoms with Crippen molar-refractivity contribution in [3.05, 3.63) is 58.6 Å². The van der Waals surface area contributed by atoms with Gasteiger partial charge in [-0.2, -0.15) is 5.26 Å². The molecule has 0 saturated carbocycles. The number of aryl methyl sites for hydroxylation is 2. The van der Waals surface area contributed by atoms with Crippen LogP contribution in [0.4, 0.5) is 5.13 Å². The number of fused-ring (bicyclic) bond motifs is 1. The summed E-state index contributed by atoms with van der Waals surface area (Å²) in [5.74, 6) is -0.146. The van der Waals surface area contributed by atoms with Crippen LogP contribution in [0.1, 0.15) is 36.6 Å². The van der Waals surface area contributed by atoms with Gasteiger partial charge in [0.05, 0.1) is 16.5 Å². The Hall–Kier alpha value is -2.69. The monoisotopic (exact) mass is 420 g/mol. The van der Waals surface area contributed by atoms with E-state index in [1.165, 1.54) is 28.7 Å². The van der Waals surface area contributed by atoms with Gasteiger partial charge in [0.15, 0.2) is 5.13 Å². The number of aromatic nitrogens is 2. The van der Waals surface area contributed by atoms with Crippen molar-refractivity contribution >= 4 is 34.1 Å². The summed E-state index contributed by atoms with van der Waals surface area (Å²) < 4.78 is 0. The van der Waals surface area contributed by atoms with Crippen molar-refractivity contribution in [1.29, 1.82) is 5.26 Å². The predicted molar refractivity (Wildman–Crippen MR) is 117 cm³/mol. The van der Waals surface area contributed by atoms with Crippen molar-refractivity contribution in [2.24, 2.45) is 0 Å². The summed E-state index contributed by atoms with van der Waals surface area (Å²) in [7, 11) is 0. The molecular weight excluding hydrogens is 400 g/mol. The minimum atomic E-state index is -0.389. The number of amides is 1. The molecule has 0 fully saturated rings. The molecule has 1 aliphatic carbocycles. The van der Waals surface area contributed by atoms with Crippen LogP contribution in [0, 0.1) is 11.3 Å². The van der Waals surface area contributed by atoms with Crippen molar-refractivity contribution in [2.45, 2.75) is 42.9 Å². The molecule has 1 N–H and O–H groups in total. The normalized spacial score (nSPS) is 13.9. The average Bonchev–Trinajstić information content (AvgIpc) is 3.22. The molecule has 1 atom stereocenters. The van der Waals surface area contributed by atoms with Gasteiger partial charge in [0.2, 0.25) is 5.91 Å². The van der Waals surface area contributed by atoms with Crippen molar-refractivity contribution in [3.63, 3.8) is 0 Å². The lowest BCUT2D eigenvalue weighted by Gasteiger charge is -2.17. The smallest absolute Gasteiger partial charge is 0.239 e. The Morgan fingerprint density at radius 3 is 2.83 bits per heavy atom. The van der Waals surface area contributed by atoms with E-state index >= 15 is 0 Å². The molecule has 1 aliphatic rings. The zero-order valence-corrected chi connectivity index (χ0v) is 17.6. The van der Waals surface area contributed by atoms with Gasteiger partial charge in [-0.3, -0.25) is 4.79 Å². The summed E-state index contributed by atoms with van der Waals surface area (Å²) in [6.45, 7) is 1.83. The molecule has 29 heavy (non-hydrogen) atoms. The molecule has 0 bridgehead atoms. The lowest BCUT2D eigenvalue weighted by Crippen LogP contribution is -2.22. The van der Waals surface area contributed by atoms with Gasteiger partial charge in [0, 0.05) is 16.6 Å². The third-order valence-corrected chi connectivity index (χ3v) is 6.71. The van der Waals surface area contributed by atoms with Gasteiger partial charge >= 0.3 is 0 Å². The number of thiazole rings is 1. The highest BCUT2D eigenvalue weighted by Gasteiger charge is 2.21. The van der Waals surface area contributed by atoms with Crippen molar-refractivity contribution < 1.29 is 4.79 Å². The molecule has 146 valence electrons. The zero-order chi connectivity index (χ0) is 20.2. The first-order chi connectivity index (χ1) is 14.1. The van der Waals surface area contributed by atoms with Gasteiger partial charge in [-0.1, -0.05) is 42.1 Å². The van der Waals surface area contributed by atoms with Crippen LogP contribution in [0.15, 0.2) is 46.8 Å². The minimum absolute atomic E-state index is 0.146. The Morgan fingerprint density at radius 2 is 2.03 bits per heavy atom. The molecule has 2 aromatic heterocycles. The van der Waals surface area contributed by atoms with Gasteiger partial charge < -0.3 is 5.32 Å². The predicted octanol–water partition coefficient (Wildman–Crippen LogP) is 5.07. The maximum Gasteiger partial charge on any atom is 0.239 e. The van der Waals surface area contributed by atoms with E-state index in [2.05, 4.69) is 16.4 Å². The maximum absolute atomic E-state index is 12.7. The van der Waals surface area contributed by atoms with E-state index in [9.17, 15) is 10.1 Å². The summed E-state index contributed by atoms with van der Waals surface area (Å²) in [4.78, 5) is 21.9. The molecule has 2 heterocycles. The standard InChI is InChI=1S/C22H20N4OS2/c1-14(29-21-17(12-23)11-16-9-5-6-10-18(16)24-21)20(27)26-22-25-19(13-28-22)15-7-3-2-4-8-15/h2-4,7-8,11,13-14H,5-6,9-10H2,1H3,(H,25,26,27). The van der Waals surface area contributed by atoms with Crippen LogP contribution in [0.5, 0.6) is 0 Å². The largest absolute Gasteiger partial charge is 0.301 e. The number of hydrogen-bond donors (Lipinski definition) is 1. The molecule has 1 unspecified atom stereocenters. The summed E-state index contributed by atoms with van der Waals surface area (Å²) in [5.41, 5.74) is 4.65. The van der Waals surface area contributed by atoms with Crippen LogP contribution in [0.2, 0.25) is 0 Å². The first-order valence-corrected chi connectivity index (χ1v) is 11.3. The molecule has 7 heteroatoms. The van der Waals surface area contributed by atoms with E-state index in [0.717, 1.165) is 42.6 Å².